The van der Waals surface area contributed by atoms with Gasteiger partial charge in [0.05, 0.1) is 6.10 Å². The molecule has 2 atom stereocenters. The van der Waals surface area contributed by atoms with Crippen LogP contribution < -0.4 is 5.73 Å². The molecule has 0 radical (unpaired) electrons. The predicted octanol–water partition coefficient (Wildman–Crippen LogP) is 1.61. The van der Waals surface area contributed by atoms with E-state index in [1.54, 1.807) is 0 Å². The summed E-state index contributed by atoms with van der Waals surface area (Å²) in [5.41, 5.74) is 5.90. The summed E-state index contributed by atoms with van der Waals surface area (Å²) in [6, 6.07) is 0.396. The van der Waals surface area contributed by atoms with Crippen molar-refractivity contribution in [1.29, 1.82) is 0 Å². The number of nitrogens with two attached hydrogens (primary N) is 1. The standard InChI is InChI=1S/C12H26N2O/c1-3-11(13)6-4-8-14-9-5-7-12(10-14)15-2/h11-12H,3-10,13H2,1-2H3. The van der Waals surface area contributed by atoms with Crippen molar-refractivity contribution in [3.63, 3.8) is 0 Å². The lowest BCUT2D eigenvalue weighted by atomic mass is 10.1. The van der Waals surface area contributed by atoms with Crippen LogP contribution in [0.4, 0.5) is 0 Å². The van der Waals surface area contributed by atoms with Crippen LogP contribution in [0.15, 0.2) is 0 Å². The highest BCUT2D eigenvalue weighted by atomic mass is 16.5. The van der Waals surface area contributed by atoms with Crippen molar-refractivity contribution in [2.24, 2.45) is 5.73 Å². The summed E-state index contributed by atoms with van der Waals surface area (Å²) in [5.74, 6) is 0. The Balaban J connectivity index is 2.10. The summed E-state index contributed by atoms with van der Waals surface area (Å²) in [6.07, 6.45) is 6.44. The van der Waals surface area contributed by atoms with Crippen molar-refractivity contribution in [3.8, 4) is 0 Å². The van der Waals surface area contributed by atoms with Gasteiger partial charge in [0.25, 0.3) is 0 Å². The Bertz CT molecular complexity index is 164. The van der Waals surface area contributed by atoms with Gasteiger partial charge in [0.15, 0.2) is 0 Å². The number of hydrogen-bond acceptors (Lipinski definition) is 3. The summed E-state index contributed by atoms with van der Waals surface area (Å²) in [6.45, 7) is 5.69. The molecular formula is C12H26N2O. The number of methoxy groups -OCH3 is 1. The van der Waals surface area contributed by atoms with Gasteiger partial charge >= 0.3 is 0 Å². The maximum Gasteiger partial charge on any atom is 0.0698 e. The monoisotopic (exact) mass is 214 g/mol. The predicted molar refractivity (Wildman–Crippen MR) is 64.0 cm³/mol. The van der Waals surface area contributed by atoms with Crippen molar-refractivity contribution in [1.82, 2.24) is 4.90 Å². The topological polar surface area (TPSA) is 38.5 Å². The third-order valence-corrected chi connectivity index (χ3v) is 3.37. The molecular weight excluding hydrogens is 188 g/mol. The number of likely N-dealkylation sites (tertiary alicyclic amines) is 1. The van der Waals surface area contributed by atoms with E-state index in [0.29, 0.717) is 12.1 Å². The lowest BCUT2D eigenvalue weighted by Gasteiger charge is -2.32. The lowest BCUT2D eigenvalue weighted by Crippen LogP contribution is -2.40. The second kappa shape index (κ2) is 7.20. The third-order valence-electron chi connectivity index (χ3n) is 3.37. The number of hydrogen-bond donors (Lipinski definition) is 1. The first kappa shape index (κ1) is 12.9. The molecule has 0 bridgehead atoms. The van der Waals surface area contributed by atoms with E-state index in [1.165, 1.54) is 32.4 Å². The Hall–Kier alpha value is -0.120. The molecule has 1 rings (SSSR count). The Kier molecular flexibility index (Phi) is 6.22. The second-order valence-corrected chi connectivity index (χ2v) is 4.61. The Morgan fingerprint density at radius 1 is 1.53 bits per heavy atom. The van der Waals surface area contributed by atoms with Crippen molar-refractivity contribution in [3.05, 3.63) is 0 Å². The molecule has 0 spiro atoms. The normalized spacial score (nSPS) is 25.4. The van der Waals surface area contributed by atoms with Gasteiger partial charge in [-0.05, 0) is 45.2 Å². The highest BCUT2D eigenvalue weighted by molar-refractivity contribution is 4.73. The van der Waals surface area contributed by atoms with Gasteiger partial charge in [-0.1, -0.05) is 6.92 Å². The van der Waals surface area contributed by atoms with Gasteiger partial charge in [0, 0.05) is 19.7 Å². The second-order valence-electron chi connectivity index (χ2n) is 4.61. The molecule has 1 heterocycles. The van der Waals surface area contributed by atoms with Crippen molar-refractivity contribution < 1.29 is 4.74 Å². The summed E-state index contributed by atoms with van der Waals surface area (Å²) < 4.78 is 5.40. The first-order valence-corrected chi connectivity index (χ1v) is 6.27. The minimum absolute atomic E-state index is 0.396. The molecule has 0 aromatic heterocycles. The average Bonchev–Trinajstić information content (AvgIpc) is 2.29. The molecule has 3 nitrogen and oxygen atoms in total. The Morgan fingerprint density at radius 2 is 2.33 bits per heavy atom. The fourth-order valence-corrected chi connectivity index (χ4v) is 2.19. The van der Waals surface area contributed by atoms with E-state index in [2.05, 4.69) is 11.8 Å². The number of rotatable bonds is 6. The minimum Gasteiger partial charge on any atom is -0.380 e. The van der Waals surface area contributed by atoms with Gasteiger partial charge < -0.3 is 15.4 Å². The van der Waals surface area contributed by atoms with Gasteiger partial charge in [-0.15, -0.1) is 0 Å². The highest BCUT2D eigenvalue weighted by Gasteiger charge is 2.18. The maximum absolute atomic E-state index is 5.90. The van der Waals surface area contributed by atoms with E-state index in [1.807, 2.05) is 7.11 Å². The SMILES string of the molecule is CCC(N)CCCN1CCCC(OC)C1. The fraction of sp³-hybridized carbons (Fsp3) is 1.00. The van der Waals surface area contributed by atoms with Crippen LogP contribution >= 0.6 is 0 Å². The third kappa shape index (κ3) is 4.96. The minimum atomic E-state index is 0.396. The lowest BCUT2D eigenvalue weighted by molar-refractivity contribution is 0.0308. The molecule has 0 aromatic carbocycles. The van der Waals surface area contributed by atoms with Crippen LogP contribution in [0.2, 0.25) is 0 Å². The summed E-state index contributed by atoms with van der Waals surface area (Å²) in [5, 5.41) is 0. The fourth-order valence-electron chi connectivity index (χ4n) is 2.19. The van der Waals surface area contributed by atoms with E-state index in [0.717, 1.165) is 19.4 Å². The largest absolute Gasteiger partial charge is 0.380 e. The molecule has 0 aromatic rings. The van der Waals surface area contributed by atoms with Crippen LogP contribution in [-0.4, -0.2) is 43.8 Å². The molecule has 15 heavy (non-hydrogen) atoms. The first-order chi connectivity index (χ1) is 7.26. The molecule has 0 aliphatic carbocycles. The highest BCUT2D eigenvalue weighted by Crippen LogP contribution is 2.13. The Labute approximate surface area is 94.0 Å². The van der Waals surface area contributed by atoms with E-state index < -0.39 is 0 Å². The van der Waals surface area contributed by atoms with Gasteiger partial charge in [0.2, 0.25) is 0 Å². The van der Waals surface area contributed by atoms with E-state index in [-0.39, 0.29) is 0 Å². The molecule has 1 saturated heterocycles. The smallest absolute Gasteiger partial charge is 0.0698 e. The van der Waals surface area contributed by atoms with Gasteiger partial charge in [-0.25, -0.2) is 0 Å². The molecule has 0 saturated carbocycles. The van der Waals surface area contributed by atoms with Crippen LogP contribution in [-0.2, 0) is 4.74 Å². The van der Waals surface area contributed by atoms with Crippen molar-refractivity contribution >= 4 is 0 Å². The molecule has 1 aliphatic rings. The van der Waals surface area contributed by atoms with Crippen LogP contribution in [0.1, 0.15) is 39.0 Å². The molecule has 0 amide bonds. The molecule has 90 valence electrons. The molecule has 2 N–H and O–H groups in total. The molecule has 1 fully saturated rings. The van der Waals surface area contributed by atoms with Gasteiger partial charge in [-0.3, -0.25) is 0 Å². The van der Waals surface area contributed by atoms with E-state index in [9.17, 15) is 0 Å². The van der Waals surface area contributed by atoms with Crippen molar-refractivity contribution in [2.45, 2.75) is 51.2 Å². The molecule has 2 unspecified atom stereocenters. The maximum atomic E-state index is 5.90. The van der Waals surface area contributed by atoms with Crippen LogP contribution in [0.3, 0.4) is 0 Å². The number of piperidine rings is 1. The van der Waals surface area contributed by atoms with Gasteiger partial charge in [0.1, 0.15) is 0 Å². The van der Waals surface area contributed by atoms with Crippen LogP contribution in [0.5, 0.6) is 0 Å². The Morgan fingerprint density at radius 3 is 3.00 bits per heavy atom. The molecule has 3 heteroatoms. The van der Waals surface area contributed by atoms with Crippen molar-refractivity contribution in [2.75, 3.05) is 26.7 Å². The zero-order valence-electron chi connectivity index (χ0n) is 10.2. The molecule has 1 aliphatic heterocycles. The average molecular weight is 214 g/mol. The zero-order chi connectivity index (χ0) is 11.1. The van der Waals surface area contributed by atoms with E-state index in [4.69, 9.17) is 10.5 Å². The summed E-state index contributed by atoms with van der Waals surface area (Å²) >= 11 is 0. The van der Waals surface area contributed by atoms with E-state index >= 15 is 0 Å². The van der Waals surface area contributed by atoms with Crippen LogP contribution in [0, 0.1) is 0 Å². The summed E-state index contributed by atoms with van der Waals surface area (Å²) in [7, 11) is 1.82. The first-order valence-electron chi connectivity index (χ1n) is 6.27. The quantitative estimate of drug-likeness (QED) is 0.730. The number of nitrogens with zero attached hydrogens (tertiary/aromatic N) is 1. The summed E-state index contributed by atoms with van der Waals surface area (Å²) in [4.78, 5) is 2.51. The zero-order valence-corrected chi connectivity index (χ0v) is 10.2. The number of ether oxygens (including phenoxy) is 1. The van der Waals surface area contributed by atoms with Gasteiger partial charge in [-0.2, -0.15) is 0 Å². The van der Waals surface area contributed by atoms with Crippen LogP contribution in [0.25, 0.3) is 0 Å².